The second-order valence-corrected chi connectivity index (χ2v) is 9.46. The Bertz CT molecular complexity index is 881. The van der Waals surface area contributed by atoms with E-state index in [1.165, 1.54) is 6.26 Å². The summed E-state index contributed by atoms with van der Waals surface area (Å²) in [5.74, 6) is 1.33. The molecule has 1 aromatic heterocycles. The second-order valence-electron chi connectivity index (χ2n) is 7.05. The van der Waals surface area contributed by atoms with Crippen LogP contribution in [-0.2, 0) is 14.6 Å². The summed E-state index contributed by atoms with van der Waals surface area (Å²) in [5, 5.41) is 7.50. The normalized spacial score (nSPS) is 19.0. The van der Waals surface area contributed by atoms with Crippen LogP contribution >= 0.6 is 0 Å². The van der Waals surface area contributed by atoms with Crippen LogP contribution in [0, 0.1) is 0 Å². The van der Waals surface area contributed by atoms with Gasteiger partial charge in [-0.05, 0) is 31.9 Å². The molecular weight excluding hydrogens is 366 g/mol. The number of hydrogen-bond donors (Lipinski definition) is 2. The van der Waals surface area contributed by atoms with Gasteiger partial charge in [-0.3, -0.25) is 4.99 Å². The van der Waals surface area contributed by atoms with Crippen LogP contribution in [0.3, 0.4) is 0 Å². The summed E-state index contributed by atoms with van der Waals surface area (Å²) in [5.41, 5.74) is 0.835. The molecule has 8 heteroatoms. The second kappa shape index (κ2) is 7.90. The number of para-hydroxylation sites is 1. The lowest BCUT2D eigenvalue weighted by Crippen LogP contribution is -2.53. The summed E-state index contributed by atoms with van der Waals surface area (Å²) in [4.78, 5) is 4.23. The SMILES string of the molecule is CN=C(NCC1(S(C)(=O)=O)CCOCC1)NC(C)c1cc2ccccc2o1. The molecule has 27 heavy (non-hydrogen) atoms. The molecule has 1 aromatic carbocycles. The number of guanidine groups is 1. The van der Waals surface area contributed by atoms with Gasteiger partial charge in [0, 0.05) is 38.4 Å². The fourth-order valence-electron chi connectivity index (χ4n) is 3.35. The van der Waals surface area contributed by atoms with Crippen molar-refractivity contribution < 1.29 is 17.6 Å². The number of benzene rings is 1. The van der Waals surface area contributed by atoms with Crippen LogP contribution in [0.5, 0.6) is 0 Å². The highest BCUT2D eigenvalue weighted by atomic mass is 32.2. The predicted octanol–water partition coefficient (Wildman–Crippen LogP) is 2.25. The highest BCUT2D eigenvalue weighted by molar-refractivity contribution is 7.92. The number of sulfone groups is 1. The smallest absolute Gasteiger partial charge is 0.191 e. The van der Waals surface area contributed by atoms with Crippen molar-refractivity contribution in [2.45, 2.75) is 30.6 Å². The molecule has 1 aliphatic heterocycles. The number of aliphatic imine (C=N–C) groups is 1. The van der Waals surface area contributed by atoms with E-state index in [0.29, 0.717) is 38.6 Å². The van der Waals surface area contributed by atoms with Gasteiger partial charge in [-0.15, -0.1) is 0 Å². The van der Waals surface area contributed by atoms with Crippen LogP contribution in [-0.4, -0.2) is 52.2 Å². The Balaban J connectivity index is 1.68. The van der Waals surface area contributed by atoms with Crippen LogP contribution in [0.25, 0.3) is 11.0 Å². The Morgan fingerprint density at radius 3 is 2.63 bits per heavy atom. The molecule has 0 aliphatic carbocycles. The molecule has 1 aliphatic rings. The fraction of sp³-hybridized carbons (Fsp3) is 0.526. The van der Waals surface area contributed by atoms with Gasteiger partial charge in [0.25, 0.3) is 0 Å². The molecule has 3 rings (SSSR count). The summed E-state index contributed by atoms with van der Waals surface area (Å²) in [6.45, 7) is 3.18. The summed E-state index contributed by atoms with van der Waals surface area (Å²) < 4.78 is 35.2. The molecule has 7 nitrogen and oxygen atoms in total. The number of fused-ring (bicyclic) bond motifs is 1. The molecule has 2 N–H and O–H groups in total. The Hall–Kier alpha value is -2.06. The maximum absolute atomic E-state index is 12.4. The highest BCUT2D eigenvalue weighted by Crippen LogP contribution is 2.28. The van der Waals surface area contributed by atoms with Gasteiger partial charge in [0.2, 0.25) is 0 Å². The number of rotatable bonds is 5. The van der Waals surface area contributed by atoms with Gasteiger partial charge in [-0.2, -0.15) is 0 Å². The van der Waals surface area contributed by atoms with Crippen LogP contribution in [0.15, 0.2) is 39.7 Å². The Labute approximate surface area is 160 Å². The molecule has 1 unspecified atom stereocenters. The van der Waals surface area contributed by atoms with Crippen LogP contribution in [0.2, 0.25) is 0 Å². The first kappa shape index (κ1) is 19.7. The van der Waals surface area contributed by atoms with Crippen molar-refractivity contribution in [3.63, 3.8) is 0 Å². The average Bonchev–Trinajstić information content (AvgIpc) is 3.09. The third-order valence-corrected chi connectivity index (χ3v) is 7.34. The van der Waals surface area contributed by atoms with E-state index < -0.39 is 14.6 Å². The largest absolute Gasteiger partial charge is 0.459 e. The lowest BCUT2D eigenvalue weighted by Gasteiger charge is -2.36. The van der Waals surface area contributed by atoms with Crippen molar-refractivity contribution in [1.82, 2.24) is 10.6 Å². The Morgan fingerprint density at radius 2 is 2.00 bits per heavy atom. The first-order chi connectivity index (χ1) is 12.8. The molecular formula is C19H27N3O4S. The van der Waals surface area contributed by atoms with Crippen LogP contribution in [0.4, 0.5) is 0 Å². The van der Waals surface area contributed by atoms with Crippen molar-refractivity contribution in [3.05, 3.63) is 36.1 Å². The molecule has 0 bridgehead atoms. The number of furan rings is 1. The minimum Gasteiger partial charge on any atom is -0.459 e. The van der Waals surface area contributed by atoms with E-state index >= 15 is 0 Å². The molecule has 1 fully saturated rings. The van der Waals surface area contributed by atoms with Gasteiger partial charge in [-0.25, -0.2) is 8.42 Å². The molecule has 0 radical (unpaired) electrons. The zero-order valence-corrected chi connectivity index (χ0v) is 16.8. The van der Waals surface area contributed by atoms with Crippen molar-refractivity contribution in [2.75, 3.05) is 33.1 Å². The predicted molar refractivity (Wildman–Crippen MR) is 107 cm³/mol. The molecule has 1 atom stereocenters. The zero-order valence-electron chi connectivity index (χ0n) is 16.0. The maximum Gasteiger partial charge on any atom is 0.191 e. The zero-order chi connectivity index (χ0) is 19.5. The highest BCUT2D eigenvalue weighted by Gasteiger charge is 2.42. The van der Waals surface area contributed by atoms with Crippen LogP contribution < -0.4 is 10.6 Å². The first-order valence-electron chi connectivity index (χ1n) is 9.08. The minimum atomic E-state index is -3.23. The van der Waals surface area contributed by atoms with Crippen LogP contribution in [0.1, 0.15) is 31.6 Å². The van der Waals surface area contributed by atoms with Gasteiger partial charge in [-0.1, -0.05) is 18.2 Å². The Morgan fingerprint density at radius 1 is 1.30 bits per heavy atom. The van der Waals surface area contributed by atoms with Gasteiger partial charge < -0.3 is 19.8 Å². The lowest BCUT2D eigenvalue weighted by molar-refractivity contribution is 0.0756. The van der Waals surface area contributed by atoms with E-state index in [1.54, 1.807) is 7.05 Å². The van der Waals surface area contributed by atoms with Gasteiger partial charge >= 0.3 is 0 Å². The number of nitrogens with zero attached hydrogens (tertiary/aromatic N) is 1. The molecule has 0 spiro atoms. The number of nitrogens with one attached hydrogen (secondary N) is 2. The van der Waals surface area contributed by atoms with E-state index in [0.717, 1.165) is 16.7 Å². The summed E-state index contributed by atoms with van der Waals surface area (Å²) in [6, 6.07) is 9.72. The molecule has 0 amide bonds. The topological polar surface area (TPSA) is 92.9 Å². The van der Waals surface area contributed by atoms with E-state index in [1.807, 2.05) is 37.3 Å². The van der Waals surface area contributed by atoms with Crippen molar-refractivity contribution in [2.24, 2.45) is 4.99 Å². The molecule has 0 saturated carbocycles. The van der Waals surface area contributed by atoms with Crippen molar-refractivity contribution in [3.8, 4) is 0 Å². The average molecular weight is 394 g/mol. The quantitative estimate of drug-likeness (QED) is 0.598. The van der Waals surface area contributed by atoms with Gasteiger partial charge in [0.1, 0.15) is 11.3 Å². The summed E-state index contributed by atoms with van der Waals surface area (Å²) in [6.07, 6.45) is 2.26. The van der Waals surface area contributed by atoms with Crippen molar-refractivity contribution >= 4 is 26.8 Å². The fourth-order valence-corrected chi connectivity index (χ4v) is 4.60. The molecule has 2 heterocycles. The molecule has 148 valence electrons. The summed E-state index contributed by atoms with van der Waals surface area (Å²) >= 11 is 0. The molecule has 1 saturated heterocycles. The molecule has 2 aromatic rings. The van der Waals surface area contributed by atoms with E-state index in [4.69, 9.17) is 9.15 Å². The minimum absolute atomic E-state index is 0.118. The monoisotopic (exact) mass is 393 g/mol. The standard InChI is InChI=1S/C19H27N3O4S/c1-14(17-12-15-6-4-5-7-16(15)26-17)22-18(20-2)21-13-19(27(3,23)24)8-10-25-11-9-19/h4-7,12,14H,8-11,13H2,1-3H3,(H2,20,21,22). The van der Waals surface area contributed by atoms with E-state index in [-0.39, 0.29) is 6.04 Å². The van der Waals surface area contributed by atoms with E-state index in [2.05, 4.69) is 15.6 Å². The van der Waals surface area contributed by atoms with Gasteiger partial charge in [0.15, 0.2) is 15.8 Å². The number of hydrogen-bond acceptors (Lipinski definition) is 5. The first-order valence-corrected chi connectivity index (χ1v) is 11.0. The third-order valence-electron chi connectivity index (χ3n) is 5.22. The summed E-state index contributed by atoms with van der Waals surface area (Å²) in [7, 11) is -1.57. The third kappa shape index (κ3) is 4.27. The van der Waals surface area contributed by atoms with Gasteiger partial charge in [0.05, 0.1) is 10.8 Å². The number of ether oxygens (including phenoxy) is 1. The Kier molecular flexibility index (Phi) is 5.76. The maximum atomic E-state index is 12.4. The van der Waals surface area contributed by atoms with Crippen molar-refractivity contribution in [1.29, 1.82) is 0 Å². The van der Waals surface area contributed by atoms with E-state index in [9.17, 15) is 8.42 Å². The lowest BCUT2D eigenvalue weighted by atomic mass is 9.99.